The third-order valence-corrected chi connectivity index (χ3v) is 3.80. The Morgan fingerprint density at radius 1 is 1.38 bits per heavy atom. The molecule has 1 aliphatic heterocycles. The number of methoxy groups -OCH3 is 1. The van der Waals surface area contributed by atoms with Crippen LogP contribution in [0.3, 0.4) is 0 Å². The molecule has 130 valence electrons. The summed E-state index contributed by atoms with van der Waals surface area (Å²) >= 11 is 0. The van der Waals surface area contributed by atoms with Crippen molar-refractivity contribution in [2.45, 2.75) is 58.0 Å². The summed E-state index contributed by atoms with van der Waals surface area (Å²) < 4.78 is 17.0. The molecule has 1 amide bonds. The molecule has 24 heavy (non-hydrogen) atoms. The van der Waals surface area contributed by atoms with E-state index >= 15 is 0 Å². The standard InChI is InChI=1S/C18H24N2O4/c1-17(2,3)24-16(21)20-15-14(22-6)12-9-11(10-19)7-8-13(12)23-18(15,4)5/h7-9,14-15H,1-6H3,(H,20,21)/t14-,15+/m1/s1. The van der Waals surface area contributed by atoms with Crippen LogP contribution in [0.15, 0.2) is 18.2 Å². The van der Waals surface area contributed by atoms with Gasteiger partial charge in [-0.2, -0.15) is 5.26 Å². The van der Waals surface area contributed by atoms with Crippen LogP contribution < -0.4 is 10.1 Å². The maximum atomic E-state index is 12.2. The number of alkyl carbamates (subject to hydrolysis) is 1. The smallest absolute Gasteiger partial charge is 0.408 e. The zero-order valence-corrected chi connectivity index (χ0v) is 15.0. The van der Waals surface area contributed by atoms with Gasteiger partial charge in [-0.05, 0) is 52.8 Å². The molecule has 1 aromatic rings. The van der Waals surface area contributed by atoms with Crippen LogP contribution in [-0.4, -0.2) is 30.4 Å². The molecule has 0 saturated heterocycles. The van der Waals surface area contributed by atoms with Gasteiger partial charge in [0, 0.05) is 12.7 Å². The maximum absolute atomic E-state index is 12.2. The molecule has 0 aromatic heterocycles. The van der Waals surface area contributed by atoms with Crippen LogP contribution >= 0.6 is 0 Å². The summed E-state index contributed by atoms with van der Waals surface area (Å²) in [6.45, 7) is 9.16. The van der Waals surface area contributed by atoms with Gasteiger partial charge in [-0.3, -0.25) is 0 Å². The molecular formula is C18H24N2O4. The first kappa shape index (κ1) is 18.1. The topological polar surface area (TPSA) is 80.6 Å². The van der Waals surface area contributed by atoms with Crippen molar-refractivity contribution < 1.29 is 19.0 Å². The van der Waals surface area contributed by atoms with Gasteiger partial charge in [-0.1, -0.05) is 0 Å². The lowest BCUT2D eigenvalue weighted by molar-refractivity contribution is -0.0496. The number of ether oxygens (including phenoxy) is 3. The Bertz CT molecular complexity index is 671. The Labute approximate surface area is 142 Å². The molecule has 0 bridgehead atoms. The summed E-state index contributed by atoms with van der Waals surface area (Å²) in [4.78, 5) is 12.2. The van der Waals surface area contributed by atoms with Gasteiger partial charge in [0.1, 0.15) is 29.1 Å². The molecule has 2 rings (SSSR count). The zero-order chi connectivity index (χ0) is 18.1. The SMILES string of the molecule is CO[C@@H]1c2cc(C#N)ccc2OC(C)(C)[C@H]1NC(=O)OC(C)(C)C. The van der Waals surface area contributed by atoms with Gasteiger partial charge < -0.3 is 19.5 Å². The Morgan fingerprint density at radius 3 is 2.58 bits per heavy atom. The number of nitriles is 1. The number of carbonyl (C=O) groups is 1. The van der Waals surface area contributed by atoms with E-state index in [1.807, 2.05) is 13.8 Å². The summed E-state index contributed by atoms with van der Waals surface area (Å²) in [7, 11) is 1.57. The molecule has 6 nitrogen and oxygen atoms in total. The van der Waals surface area contributed by atoms with Crippen LogP contribution in [0.2, 0.25) is 0 Å². The van der Waals surface area contributed by atoms with Gasteiger partial charge in [-0.25, -0.2) is 4.79 Å². The van der Waals surface area contributed by atoms with Gasteiger partial charge in [0.2, 0.25) is 0 Å². The molecular weight excluding hydrogens is 308 g/mol. The van der Waals surface area contributed by atoms with E-state index in [4.69, 9.17) is 19.5 Å². The first-order chi connectivity index (χ1) is 11.1. The van der Waals surface area contributed by atoms with E-state index in [0.29, 0.717) is 11.3 Å². The lowest BCUT2D eigenvalue weighted by Gasteiger charge is -2.44. The number of carbonyl (C=O) groups excluding carboxylic acids is 1. The fourth-order valence-electron chi connectivity index (χ4n) is 2.77. The Kier molecular flexibility index (Phi) is 4.77. The van der Waals surface area contributed by atoms with Crippen LogP contribution in [-0.2, 0) is 9.47 Å². The van der Waals surface area contributed by atoms with Gasteiger partial charge in [0.25, 0.3) is 0 Å². The monoisotopic (exact) mass is 332 g/mol. The quantitative estimate of drug-likeness (QED) is 0.898. The number of benzene rings is 1. The molecule has 1 heterocycles. The van der Waals surface area contributed by atoms with Crippen molar-refractivity contribution >= 4 is 6.09 Å². The highest BCUT2D eigenvalue weighted by atomic mass is 16.6. The van der Waals surface area contributed by atoms with Crippen molar-refractivity contribution in [3.63, 3.8) is 0 Å². The highest BCUT2D eigenvalue weighted by Crippen LogP contribution is 2.41. The minimum Gasteiger partial charge on any atom is -0.485 e. The number of nitrogens with zero attached hydrogens (tertiary/aromatic N) is 1. The molecule has 0 spiro atoms. The maximum Gasteiger partial charge on any atom is 0.408 e. The summed E-state index contributed by atoms with van der Waals surface area (Å²) in [6, 6.07) is 6.81. The number of nitrogens with one attached hydrogen (secondary N) is 1. The number of rotatable bonds is 2. The molecule has 1 aromatic carbocycles. The lowest BCUT2D eigenvalue weighted by Crippen LogP contribution is -2.58. The summed E-state index contributed by atoms with van der Waals surface area (Å²) in [6.07, 6.45) is -0.990. The Balaban J connectivity index is 2.35. The van der Waals surface area contributed by atoms with Crippen LogP contribution in [0, 0.1) is 11.3 Å². The van der Waals surface area contributed by atoms with E-state index in [2.05, 4.69) is 11.4 Å². The predicted molar refractivity (Wildman–Crippen MR) is 88.8 cm³/mol. The molecule has 6 heteroatoms. The number of hydrogen-bond donors (Lipinski definition) is 1. The lowest BCUT2D eigenvalue weighted by atomic mass is 9.85. The Morgan fingerprint density at radius 2 is 2.04 bits per heavy atom. The average Bonchev–Trinajstić information content (AvgIpc) is 2.45. The molecule has 1 N–H and O–H groups in total. The van der Waals surface area contributed by atoms with E-state index < -0.39 is 29.4 Å². The third-order valence-electron chi connectivity index (χ3n) is 3.80. The van der Waals surface area contributed by atoms with E-state index in [9.17, 15) is 4.79 Å². The second-order valence-electron chi connectivity index (χ2n) is 7.35. The van der Waals surface area contributed by atoms with Crippen LogP contribution in [0.25, 0.3) is 0 Å². The van der Waals surface area contributed by atoms with E-state index in [-0.39, 0.29) is 0 Å². The minimum atomic E-state index is -0.710. The second kappa shape index (κ2) is 6.33. The largest absolute Gasteiger partial charge is 0.485 e. The van der Waals surface area contributed by atoms with Gasteiger partial charge in [0.15, 0.2) is 0 Å². The van der Waals surface area contributed by atoms with Crippen molar-refractivity contribution in [2.24, 2.45) is 0 Å². The van der Waals surface area contributed by atoms with E-state index in [0.717, 1.165) is 5.56 Å². The molecule has 0 radical (unpaired) electrons. The minimum absolute atomic E-state index is 0.454. The fourth-order valence-corrected chi connectivity index (χ4v) is 2.77. The fraction of sp³-hybridized carbons (Fsp3) is 0.556. The van der Waals surface area contributed by atoms with E-state index in [1.54, 1.807) is 46.1 Å². The van der Waals surface area contributed by atoms with Crippen molar-refractivity contribution in [2.75, 3.05) is 7.11 Å². The number of hydrogen-bond acceptors (Lipinski definition) is 5. The molecule has 0 fully saturated rings. The highest BCUT2D eigenvalue weighted by Gasteiger charge is 2.45. The van der Waals surface area contributed by atoms with Crippen LogP contribution in [0.5, 0.6) is 5.75 Å². The number of fused-ring (bicyclic) bond motifs is 1. The summed E-state index contributed by atoms with van der Waals surface area (Å²) in [5, 5.41) is 12.0. The van der Waals surface area contributed by atoms with Crippen LogP contribution in [0.1, 0.15) is 51.8 Å². The van der Waals surface area contributed by atoms with Gasteiger partial charge in [0.05, 0.1) is 11.6 Å². The molecule has 0 aliphatic carbocycles. The van der Waals surface area contributed by atoms with Crippen molar-refractivity contribution in [3.8, 4) is 11.8 Å². The third kappa shape index (κ3) is 3.80. The zero-order valence-electron chi connectivity index (χ0n) is 15.0. The van der Waals surface area contributed by atoms with Crippen molar-refractivity contribution in [1.29, 1.82) is 5.26 Å². The second-order valence-corrected chi connectivity index (χ2v) is 7.35. The van der Waals surface area contributed by atoms with Crippen LogP contribution in [0.4, 0.5) is 4.79 Å². The normalized spacial score (nSPS) is 21.9. The molecule has 1 aliphatic rings. The van der Waals surface area contributed by atoms with Crippen molar-refractivity contribution in [1.82, 2.24) is 5.32 Å². The highest BCUT2D eigenvalue weighted by molar-refractivity contribution is 5.68. The predicted octanol–water partition coefficient (Wildman–Crippen LogP) is 3.31. The van der Waals surface area contributed by atoms with Gasteiger partial charge >= 0.3 is 6.09 Å². The first-order valence-electron chi connectivity index (χ1n) is 7.83. The molecule has 2 atom stereocenters. The summed E-state index contributed by atoms with van der Waals surface area (Å²) in [5.74, 6) is 0.646. The van der Waals surface area contributed by atoms with Crippen molar-refractivity contribution in [3.05, 3.63) is 29.3 Å². The summed E-state index contributed by atoms with van der Waals surface area (Å²) in [5.41, 5.74) is -0.0659. The number of amides is 1. The van der Waals surface area contributed by atoms with Gasteiger partial charge in [-0.15, -0.1) is 0 Å². The van der Waals surface area contributed by atoms with E-state index in [1.165, 1.54) is 0 Å². The average molecular weight is 332 g/mol. The Hall–Kier alpha value is -2.26. The molecule has 0 saturated carbocycles. The molecule has 0 unspecified atom stereocenters. The first-order valence-corrected chi connectivity index (χ1v) is 7.83.